The van der Waals surface area contributed by atoms with Crippen LogP contribution in [0.25, 0.3) is 16.7 Å². The predicted octanol–water partition coefficient (Wildman–Crippen LogP) is 3.19. The summed E-state index contributed by atoms with van der Waals surface area (Å²) in [5.41, 5.74) is 7.60. The van der Waals surface area contributed by atoms with Gasteiger partial charge in [0.25, 0.3) is 0 Å². The number of carbonyl (C=O) groups excluding carboxylic acids is 1. The van der Waals surface area contributed by atoms with Crippen LogP contribution < -0.4 is 5.43 Å². The standard InChI is InChI=1S/C25H33N7O2/c1-5-21-15-30(18(3)19-7-8-22-23(13-19)27-10-9-26-22)11-12-31(21)24(6-2)25-29-20(16-34-4)14-32(25)28-17-33/h6-10,13-14,17-18,21H,5,11-12,15-16H2,1-4H3,(H,28,33)/b24-6+. The molecule has 3 heterocycles. The average molecular weight is 464 g/mol. The Labute approximate surface area is 200 Å². The number of aromatic nitrogens is 4. The van der Waals surface area contributed by atoms with Gasteiger partial charge < -0.3 is 9.64 Å². The van der Waals surface area contributed by atoms with E-state index in [0.29, 0.717) is 19.1 Å². The predicted molar refractivity (Wildman–Crippen MR) is 132 cm³/mol. The minimum absolute atomic E-state index is 0.267. The lowest BCUT2D eigenvalue weighted by molar-refractivity contribution is -0.106. The van der Waals surface area contributed by atoms with Gasteiger partial charge in [-0.2, -0.15) is 0 Å². The van der Waals surface area contributed by atoms with Crippen molar-refractivity contribution in [3.8, 4) is 0 Å². The van der Waals surface area contributed by atoms with E-state index in [1.807, 2.05) is 6.92 Å². The molecule has 9 heteroatoms. The molecular formula is C25H33N7O2. The monoisotopic (exact) mass is 463 g/mol. The summed E-state index contributed by atoms with van der Waals surface area (Å²) in [6.07, 6.45) is 9.01. The second-order valence-corrected chi connectivity index (χ2v) is 8.51. The van der Waals surface area contributed by atoms with E-state index in [9.17, 15) is 4.79 Å². The number of amides is 1. The first-order valence-corrected chi connectivity index (χ1v) is 11.7. The molecule has 4 rings (SSSR count). The second kappa shape index (κ2) is 10.8. The third-order valence-electron chi connectivity index (χ3n) is 6.56. The summed E-state index contributed by atoms with van der Waals surface area (Å²) in [6, 6.07) is 6.94. The number of methoxy groups -OCH3 is 1. The maximum Gasteiger partial charge on any atom is 0.226 e. The Morgan fingerprint density at radius 2 is 2.06 bits per heavy atom. The molecular weight excluding hydrogens is 430 g/mol. The minimum atomic E-state index is 0.267. The van der Waals surface area contributed by atoms with Crippen molar-refractivity contribution < 1.29 is 9.53 Å². The molecule has 180 valence electrons. The van der Waals surface area contributed by atoms with Crippen LogP contribution in [0.5, 0.6) is 0 Å². The van der Waals surface area contributed by atoms with E-state index in [2.05, 4.69) is 63.3 Å². The van der Waals surface area contributed by atoms with Crippen molar-refractivity contribution in [2.24, 2.45) is 0 Å². The second-order valence-electron chi connectivity index (χ2n) is 8.51. The van der Waals surface area contributed by atoms with Gasteiger partial charge in [0, 0.05) is 51.2 Å². The van der Waals surface area contributed by atoms with Crippen molar-refractivity contribution in [3.63, 3.8) is 0 Å². The number of hydrogen-bond acceptors (Lipinski definition) is 7. The Hall–Kier alpha value is -3.30. The van der Waals surface area contributed by atoms with Gasteiger partial charge in [0.1, 0.15) is 0 Å². The normalized spacial score (nSPS) is 18.3. The van der Waals surface area contributed by atoms with Crippen LogP contribution in [-0.4, -0.2) is 68.6 Å². The SMILES string of the molecule is C/C=C(\c1nc(COC)cn1NC=O)N1CCN(C(C)c2ccc3nccnc3c2)CC1CC. The minimum Gasteiger partial charge on any atom is -0.378 e. The zero-order chi connectivity index (χ0) is 24.1. The van der Waals surface area contributed by atoms with E-state index >= 15 is 0 Å². The van der Waals surface area contributed by atoms with Gasteiger partial charge in [0.05, 0.1) is 35.2 Å². The first kappa shape index (κ1) is 23.8. The highest BCUT2D eigenvalue weighted by atomic mass is 16.5. The molecule has 1 amide bonds. The molecule has 0 radical (unpaired) electrons. The zero-order valence-corrected chi connectivity index (χ0v) is 20.3. The van der Waals surface area contributed by atoms with Crippen molar-refractivity contribution >= 4 is 23.1 Å². The van der Waals surface area contributed by atoms with Gasteiger partial charge in [-0.1, -0.05) is 19.1 Å². The third-order valence-corrected chi connectivity index (χ3v) is 6.56. The first-order valence-electron chi connectivity index (χ1n) is 11.7. The van der Waals surface area contributed by atoms with Crippen molar-refractivity contribution in [2.45, 2.75) is 45.9 Å². The fraction of sp³-hybridized carbons (Fsp3) is 0.440. The van der Waals surface area contributed by atoms with Gasteiger partial charge in [-0.3, -0.25) is 25.1 Å². The molecule has 1 aromatic carbocycles. The number of rotatable bonds is 9. The number of nitrogens with one attached hydrogen (secondary N) is 1. The summed E-state index contributed by atoms with van der Waals surface area (Å²) < 4.78 is 6.92. The fourth-order valence-electron chi connectivity index (χ4n) is 4.75. The largest absolute Gasteiger partial charge is 0.378 e. The molecule has 1 aliphatic rings. The number of imidazole rings is 1. The highest BCUT2D eigenvalue weighted by Gasteiger charge is 2.32. The summed E-state index contributed by atoms with van der Waals surface area (Å²) in [7, 11) is 1.64. The lowest BCUT2D eigenvalue weighted by atomic mass is 10.0. The molecule has 34 heavy (non-hydrogen) atoms. The van der Waals surface area contributed by atoms with E-state index in [1.165, 1.54) is 5.56 Å². The van der Waals surface area contributed by atoms with E-state index in [-0.39, 0.29) is 6.04 Å². The van der Waals surface area contributed by atoms with Crippen molar-refractivity contribution in [3.05, 3.63) is 59.9 Å². The number of benzene rings is 1. The average Bonchev–Trinajstić information content (AvgIpc) is 3.26. The number of fused-ring (bicyclic) bond motifs is 1. The van der Waals surface area contributed by atoms with Crippen LogP contribution in [0.4, 0.5) is 0 Å². The number of piperazine rings is 1. The van der Waals surface area contributed by atoms with E-state index < -0.39 is 0 Å². The van der Waals surface area contributed by atoms with Crippen LogP contribution in [0.3, 0.4) is 0 Å². The molecule has 1 saturated heterocycles. The van der Waals surface area contributed by atoms with Crippen LogP contribution in [0.1, 0.15) is 50.3 Å². The molecule has 0 spiro atoms. The van der Waals surface area contributed by atoms with Gasteiger partial charge in [0.15, 0.2) is 5.82 Å². The first-order chi connectivity index (χ1) is 16.6. The smallest absolute Gasteiger partial charge is 0.226 e. The zero-order valence-electron chi connectivity index (χ0n) is 20.3. The molecule has 1 aliphatic heterocycles. The van der Waals surface area contributed by atoms with Crippen molar-refractivity contribution in [2.75, 3.05) is 32.2 Å². The highest BCUT2D eigenvalue weighted by molar-refractivity contribution is 5.74. The fourth-order valence-corrected chi connectivity index (χ4v) is 4.75. The number of nitrogens with zero attached hydrogens (tertiary/aromatic N) is 6. The summed E-state index contributed by atoms with van der Waals surface area (Å²) in [5, 5.41) is 0. The van der Waals surface area contributed by atoms with E-state index in [4.69, 9.17) is 9.72 Å². The van der Waals surface area contributed by atoms with E-state index in [0.717, 1.165) is 54.3 Å². The maximum absolute atomic E-state index is 11.2. The van der Waals surface area contributed by atoms with Gasteiger partial charge in [-0.05, 0) is 38.0 Å². The molecule has 0 aliphatic carbocycles. The maximum atomic E-state index is 11.2. The lowest BCUT2D eigenvalue weighted by Gasteiger charge is -2.45. The van der Waals surface area contributed by atoms with Crippen molar-refractivity contribution in [1.29, 1.82) is 0 Å². The quantitative estimate of drug-likeness (QED) is 0.488. The molecule has 9 nitrogen and oxygen atoms in total. The van der Waals surface area contributed by atoms with Crippen LogP contribution in [-0.2, 0) is 16.1 Å². The molecule has 2 atom stereocenters. The summed E-state index contributed by atoms with van der Waals surface area (Å²) in [4.78, 5) is 29.7. The van der Waals surface area contributed by atoms with Gasteiger partial charge in [0.2, 0.25) is 6.41 Å². The van der Waals surface area contributed by atoms with Crippen LogP contribution >= 0.6 is 0 Å². The Kier molecular flexibility index (Phi) is 7.54. The Morgan fingerprint density at radius 3 is 2.76 bits per heavy atom. The number of ether oxygens (including phenoxy) is 1. The Bertz CT molecular complexity index is 1160. The van der Waals surface area contributed by atoms with Crippen LogP contribution in [0, 0.1) is 0 Å². The number of hydrogen-bond donors (Lipinski definition) is 1. The Morgan fingerprint density at radius 1 is 1.26 bits per heavy atom. The number of carbonyl (C=O) groups is 1. The lowest BCUT2D eigenvalue weighted by Crippen LogP contribution is -2.52. The molecule has 2 aromatic heterocycles. The molecule has 3 aromatic rings. The van der Waals surface area contributed by atoms with E-state index in [1.54, 1.807) is 30.4 Å². The van der Waals surface area contributed by atoms with Gasteiger partial charge in [-0.15, -0.1) is 0 Å². The molecule has 1 N–H and O–H groups in total. The summed E-state index contributed by atoms with van der Waals surface area (Å²) >= 11 is 0. The van der Waals surface area contributed by atoms with Crippen LogP contribution in [0.2, 0.25) is 0 Å². The molecule has 1 fully saturated rings. The summed E-state index contributed by atoms with van der Waals surface area (Å²) in [6.45, 7) is 9.59. The van der Waals surface area contributed by atoms with Crippen molar-refractivity contribution in [1.82, 2.24) is 29.4 Å². The highest BCUT2D eigenvalue weighted by Crippen LogP contribution is 2.30. The Balaban J connectivity index is 1.55. The molecule has 0 saturated carbocycles. The third kappa shape index (κ3) is 4.80. The van der Waals surface area contributed by atoms with Gasteiger partial charge >= 0.3 is 0 Å². The molecule has 0 bridgehead atoms. The van der Waals surface area contributed by atoms with Gasteiger partial charge in [-0.25, -0.2) is 9.66 Å². The summed E-state index contributed by atoms with van der Waals surface area (Å²) in [5.74, 6) is 0.717. The molecule has 2 unspecified atom stereocenters. The van der Waals surface area contributed by atoms with Crippen LogP contribution in [0.15, 0.2) is 42.9 Å². The number of allylic oxidation sites excluding steroid dienone is 1. The topological polar surface area (TPSA) is 88.4 Å².